The van der Waals surface area contributed by atoms with E-state index in [-0.39, 0.29) is 11.5 Å². The van der Waals surface area contributed by atoms with Gasteiger partial charge in [-0.1, -0.05) is 32.9 Å². The summed E-state index contributed by atoms with van der Waals surface area (Å²) in [5, 5.41) is 7.03. The minimum Gasteiger partial charge on any atom is -0.358 e. The third-order valence-corrected chi connectivity index (χ3v) is 4.54. The fourth-order valence-electron chi connectivity index (χ4n) is 3.15. The van der Waals surface area contributed by atoms with Crippen molar-refractivity contribution in [3.05, 3.63) is 71.5 Å². The van der Waals surface area contributed by atoms with Crippen LogP contribution in [0, 0.1) is 5.41 Å². The Labute approximate surface area is 153 Å². The number of rotatable bonds is 1. The summed E-state index contributed by atoms with van der Waals surface area (Å²) in [4.78, 5) is 13.8. The number of amidine groups is 1. The van der Waals surface area contributed by atoms with Crippen LogP contribution in [-0.2, 0) is 0 Å². The van der Waals surface area contributed by atoms with Crippen molar-refractivity contribution in [3.63, 3.8) is 0 Å². The maximum absolute atomic E-state index is 5.02. The third-order valence-electron chi connectivity index (χ3n) is 4.54. The highest BCUT2D eigenvalue weighted by Gasteiger charge is 2.32. The zero-order valence-corrected chi connectivity index (χ0v) is 15.5. The van der Waals surface area contributed by atoms with Gasteiger partial charge in [0.25, 0.3) is 0 Å². The number of aliphatic imine (C=N–C) groups is 1. The lowest BCUT2D eigenvalue weighted by atomic mass is 9.95. The lowest BCUT2D eigenvalue weighted by Gasteiger charge is -2.21. The van der Waals surface area contributed by atoms with E-state index in [1.54, 1.807) is 12.4 Å². The van der Waals surface area contributed by atoms with Crippen LogP contribution in [0.3, 0.4) is 0 Å². The number of hydrogen-bond acceptors (Lipinski definition) is 5. The molecule has 3 heterocycles. The van der Waals surface area contributed by atoms with Crippen molar-refractivity contribution in [2.24, 2.45) is 10.4 Å². The van der Waals surface area contributed by atoms with E-state index < -0.39 is 0 Å². The molecule has 0 bridgehead atoms. The molecule has 2 aliphatic heterocycles. The van der Waals surface area contributed by atoms with E-state index in [4.69, 9.17) is 4.99 Å². The average Bonchev–Trinajstić information content (AvgIpc) is 3.07. The number of allylic oxidation sites excluding steroid dienone is 4. The molecular formula is C21H23N5. The molecule has 26 heavy (non-hydrogen) atoms. The van der Waals surface area contributed by atoms with Gasteiger partial charge >= 0.3 is 0 Å². The zero-order valence-electron chi connectivity index (χ0n) is 15.5. The zero-order chi connectivity index (χ0) is 18.3. The Balaban J connectivity index is 1.83. The normalized spacial score (nSPS) is 22.7. The van der Waals surface area contributed by atoms with Crippen LogP contribution in [0.4, 0.5) is 0 Å². The van der Waals surface area contributed by atoms with Crippen LogP contribution >= 0.6 is 0 Å². The first-order chi connectivity index (χ1) is 12.4. The van der Waals surface area contributed by atoms with Gasteiger partial charge in [0.2, 0.25) is 0 Å². The Morgan fingerprint density at radius 2 is 1.77 bits per heavy atom. The molecule has 0 saturated carbocycles. The molecule has 2 aromatic rings. The first-order valence-electron chi connectivity index (χ1n) is 8.84. The highest BCUT2D eigenvalue weighted by molar-refractivity contribution is 5.91. The van der Waals surface area contributed by atoms with Crippen LogP contribution in [0.25, 0.3) is 11.0 Å². The summed E-state index contributed by atoms with van der Waals surface area (Å²) in [6.45, 7) is 8.57. The summed E-state index contributed by atoms with van der Waals surface area (Å²) < 4.78 is 0. The summed E-state index contributed by atoms with van der Waals surface area (Å²) in [5.41, 5.74) is 6.07. The van der Waals surface area contributed by atoms with Gasteiger partial charge in [0.1, 0.15) is 11.9 Å². The van der Waals surface area contributed by atoms with Gasteiger partial charge in [0.15, 0.2) is 0 Å². The Kier molecular flexibility index (Phi) is 3.87. The number of nitrogens with one attached hydrogen (secondary N) is 2. The third kappa shape index (κ3) is 3.01. The number of fused-ring (bicyclic) bond motifs is 1. The summed E-state index contributed by atoms with van der Waals surface area (Å²) >= 11 is 0. The van der Waals surface area contributed by atoms with Crippen molar-refractivity contribution in [2.75, 3.05) is 0 Å². The van der Waals surface area contributed by atoms with E-state index in [9.17, 15) is 0 Å². The van der Waals surface area contributed by atoms with Crippen molar-refractivity contribution >= 4 is 16.9 Å². The standard InChI is InChI=1S/C21H23N5/c1-13-6-5-7-16(24-13)19-18(25-20(26-19)21(2,3)4)14-8-9-15-17(12-14)23-11-10-22-15/h5-12,18,24H,1-4H3,(H,25,26)/b19-16-. The van der Waals surface area contributed by atoms with Gasteiger partial charge in [0.05, 0.1) is 22.4 Å². The minimum atomic E-state index is -0.0892. The Hall–Kier alpha value is -2.95. The van der Waals surface area contributed by atoms with Crippen LogP contribution in [0.5, 0.6) is 0 Å². The highest BCUT2D eigenvalue weighted by atomic mass is 15.1. The van der Waals surface area contributed by atoms with Crippen LogP contribution < -0.4 is 10.6 Å². The second-order valence-electron chi connectivity index (χ2n) is 7.72. The first-order valence-corrected chi connectivity index (χ1v) is 8.84. The number of benzene rings is 1. The quantitative estimate of drug-likeness (QED) is 0.820. The molecule has 1 atom stereocenters. The van der Waals surface area contributed by atoms with Crippen molar-refractivity contribution in [1.29, 1.82) is 0 Å². The fraction of sp³-hybridized carbons (Fsp3) is 0.286. The maximum Gasteiger partial charge on any atom is 0.119 e. The molecule has 1 unspecified atom stereocenters. The molecule has 0 saturated heterocycles. The summed E-state index contributed by atoms with van der Waals surface area (Å²) in [6, 6.07) is 6.10. The van der Waals surface area contributed by atoms with Crippen molar-refractivity contribution in [3.8, 4) is 0 Å². The molecular weight excluding hydrogens is 322 g/mol. The van der Waals surface area contributed by atoms with Crippen molar-refractivity contribution in [1.82, 2.24) is 20.6 Å². The maximum atomic E-state index is 5.02. The highest BCUT2D eigenvalue weighted by Crippen LogP contribution is 2.35. The monoisotopic (exact) mass is 345 g/mol. The molecule has 5 nitrogen and oxygen atoms in total. The Morgan fingerprint density at radius 1 is 1.00 bits per heavy atom. The predicted octanol–water partition coefficient (Wildman–Crippen LogP) is 3.99. The smallest absolute Gasteiger partial charge is 0.119 e. The summed E-state index contributed by atoms with van der Waals surface area (Å²) in [7, 11) is 0. The molecule has 1 aromatic carbocycles. The molecule has 0 amide bonds. The second-order valence-corrected chi connectivity index (χ2v) is 7.72. The average molecular weight is 345 g/mol. The van der Waals surface area contributed by atoms with E-state index >= 15 is 0 Å². The lowest BCUT2D eigenvalue weighted by Crippen LogP contribution is -2.32. The largest absolute Gasteiger partial charge is 0.358 e. The van der Waals surface area contributed by atoms with Crippen LogP contribution in [0.2, 0.25) is 0 Å². The molecule has 0 spiro atoms. The van der Waals surface area contributed by atoms with E-state index in [0.29, 0.717) is 0 Å². The SMILES string of the molecule is CC1=CC=C/C(=C2/NC(C(C)(C)C)=NC2c2ccc3nccnc3c2)N1. The van der Waals surface area contributed by atoms with Crippen LogP contribution in [0.15, 0.2) is 70.9 Å². The van der Waals surface area contributed by atoms with E-state index in [2.05, 4.69) is 78.7 Å². The number of aromatic nitrogens is 2. The van der Waals surface area contributed by atoms with Gasteiger partial charge in [-0.25, -0.2) is 0 Å². The second kappa shape index (κ2) is 6.09. The molecule has 132 valence electrons. The number of dihydropyridines is 1. The van der Waals surface area contributed by atoms with Gasteiger partial charge in [-0.05, 0) is 36.8 Å². The van der Waals surface area contributed by atoms with Crippen molar-refractivity contribution < 1.29 is 0 Å². The minimum absolute atomic E-state index is 0.0551. The molecule has 1 aromatic heterocycles. The van der Waals surface area contributed by atoms with Crippen LogP contribution in [0.1, 0.15) is 39.3 Å². The summed E-state index contributed by atoms with van der Waals surface area (Å²) in [6.07, 6.45) is 9.65. The predicted molar refractivity (Wildman–Crippen MR) is 105 cm³/mol. The lowest BCUT2D eigenvalue weighted by molar-refractivity contribution is 0.577. The topological polar surface area (TPSA) is 62.2 Å². The Bertz CT molecular complexity index is 989. The summed E-state index contributed by atoms with van der Waals surface area (Å²) in [5.74, 6) is 0.992. The molecule has 0 aliphatic carbocycles. The molecule has 0 fully saturated rings. The first kappa shape index (κ1) is 16.5. The molecule has 2 N–H and O–H groups in total. The number of nitrogens with zero attached hydrogens (tertiary/aromatic N) is 3. The molecule has 2 aliphatic rings. The van der Waals surface area contributed by atoms with Crippen LogP contribution in [-0.4, -0.2) is 15.8 Å². The van der Waals surface area contributed by atoms with E-state index in [0.717, 1.165) is 39.5 Å². The molecule has 4 rings (SSSR count). The molecule has 5 heteroatoms. The fourth-order valence-corrected chi connectivity index (χ4v) is 3.15. The van der Waals surface area contributed by atoms with Gasteiger partial charge < -0.3 is 10.6 Å². The van der Waals surface area contributed by atoms with Gasteiger partial charge in [-0.2, -0.15) is 0 Å². The van der Waals surface area contributed by atoms with Gasteiger partial charge in [-0.3, -0.25) is 15.0 Å². The van der Waals surface area contributed by atoms with Gasteiger partial charge in [-0.15, -0.1) is 0 Å². The van der Waals surface area contributed by atoms with Crippen molar-refractivity contribution in [2.45, 2.75) is 33.7 Å². The number of hydrogen-bond donors (Lipinski definition) is 2. The van der Waals surface area contributed by atoms with Gasteiger partial charge in [0, 0.05) is 23.5 Å². The van der Waals surface area contributed by atoms with E-state index in [1.165, 1.54) is 0 Å². The molecule has 0 radical (unpaired) electrons. The Morgan fingerprint density at radius 3 is 2.50 bits per heavy atom. The van der Waals surface area contributed by atoms with E-state index in [1.807, 2.05) is 6.07 Å².